The molecule has 0 aliphatic carbocycles. The van der Waals surface area contributed by atoms with Crippen LogP contribution in [0.5, 0.6) is 0 Å². The summed E-state index contributed by atoms with van der Waals surface area (Å²) in [4.78, 5) is 21.0. The van der Waals surface area contributed by atoms with Gasteiger partial charge in [-0.1, -0.05) is 0 Å². The maximum atomic E-state index is 11.6. The van der Waals surface area contributed by atoms with Crippen molar-refractivity contribution in [1.82, 2.24) is 14.8 Å². The van der Waals surface area contributed by atoms with Crippen LogP contribution in [0.25, 0.3) is 0 Å². The van der Waals surface area contributed by atoms with Gasteiger partial charge in [-0.2, -0.15) is 0 Å². The monoisotopic (exact) mass is 270 g/mol. The van der Waals surface area contributed by atoms with E-state index in [0.717, 1.165) is 32.7 Å². The van der Waals surface area contributed by atoms with Crippen molar-refractivity contribution in [2.45, 2.75) is 6.54 Å². The molecule has 7 heteroatoms. The highest BCUT2D eigenvalue weighted by Gasteiger charge is 2.21. The Hall–Kier alpha value is -1.18. The SMILES string of the molecule is COCC(=O)N1CCN(Cc2cnc(N)s2)CC1. The quantitative estimate of drug-likeness (QED) is 0.835. The molecule has 1 saturated heterocycles. The van der Waals surface area contributed by atoms with E-state index in [4.69, 9.17) is 10.5 Å². The van der Waals surface area contributed by atoms with Crippen LogP contribution >= 0.6 is 11.3 Å². The standard InChI is InChI=1S/C11H18N4O2S/c1-17-8-10(16)15-4-2-14(3-5-15)7-9-6-13-11(12)18-9/h6H,2-5,7-8H2,1H3,(H2,12,13). The molecular weight excluding hydrogens is 252 g/mol. The lowest BCUT2D eigenvalue weighted by Crippen LogP contribution is -2.49. The number of aromatic nitrogens is 1. The normalized spacial score (nSPS) is 17.1. The van der Waals surface area contributed by atoms with E-state index in [-0.39, 0.29) is 12.5 Å². The van der Waals surface area contributed by atoms with Gasteiger partial charge in [0.25, 0.3) is 0 Å². The third kappa shape index (κ3) is 3.41. The molecule has 0 bridgehead atoms. The van der Waals surface area contributed by atoms with Crippen LogP contribution in [-0.2, 0) is 16.1 Å². The van der Waals surface area contributed by atoms with Crippen molar-refractivity contribution >= 4 is 22.4 Å². The van der Waals surface area contributed by atoms with Crippen molar-refractivity contribution in [3.05, 3.63) is 11.1 Å². The summed E-state index contributed by atoms with van der Waals surface area (Å²) >= 11 is 1.52. The first-order valence-corrected chi connectivity index (χ1v) is 6.70. The van der Waals surface area contributed by atoms with Gasteiger partial charge in [-0.05, 0) is 0 Å². The van der Waals surface area contributed by atoms with Gasteiger partial charge < -0.3 is 15.4 Å². The molecule has 1 amide bonds. The van der Waals surface area contributed by atoms with E-state index in [1.165, 1.54) is 16.2 Å². The Balaban J connectivity index is 1.78. The Bertz CT molecular complexity index is 402. The molecule has 2 heterocycles. The highest BCUT2D eigenvalue weighted by Crippen LogP contribution is 2.17. The molecule has 0 saturated carbocycles. The molecule has 1 fully saturated rings. The van der Waals surface area contributed by atoms with Crippen molar-refractivity contribution in [2.24, 2.45) is 0 Å². The summed E-state index contributed by atoms with van der Waals surface area (Å²) in [6, 6.07) is 0. The molecule has 1 aromatic heterocycles. The Morgan fingerprint density at radius 2 is 2.22 bits per heavy atom. The number of ether oxygens (including phenoxy) is 1. The molecular formula is C11H18N4O2S. The van der Waals surface area contributed by atoms with Gasteiger partial charge in [0.15, 0.2) is 5.13 Å². The molecule has 0 unspecified atom stereocenters. The van der Waals surface area contributed by atoms with Gasteiger partial charge in [-0.25, -0.2) is 4.98 Å². The average molecular weight is 270 g/mol. The Morgan fingerprint density at radius 1 is 1.50 bits per heavy atom. The number of carbonyl (C=O) groups is 1. The van der Waals surface area contributed by atoms with E-state index in [2.05, 4.69) is 9.88 Å². The largest absolute Gasteiger partial charge is 0.375 e. The highest BCUT2D eigenvalue weighted by molar-refractivity contribution is 7.15. The smallest absolute Gasteiger partial charge is 0.248 e. The number of amides is 1. The fourth-order valence-corrected chi connectivity index (χ4v) is 2.71. The number of carbonyl (C=O) groups excluding carboxylic acids is 1. The predicted octanol–water partition coefficient (Wildman–Crippen LogP) is 0.0159. The van der Waals surface area contributed by atoms with Crippen LogP contribution in [0, 0.1) is 0 Å². The van der Waals surface area contributed by atoms with Gasteiger partial charge in [0.05, 0.1) is 0 Å². The molecule has 2 rings (SSSR count). The molecule has 100 valence electrons. The van der Waals surface area contributed by atoms with Crippen LogP contribution in [-0.4, -0.2) is 60.6 Å². The van der Waals surface area contributed by atoms with Gasteiger partial charge in [0.1, 0.15) is 6.61 Å². The van der Waals surface area contributed by atoms with Crippen molar-refractivity contribution in [3.63, 3.8) is 0 Å². The van der Waals surface area contributed by atoms with Crippen LogP contribution in [0.3, 0.4) is 0 Å². The molecule has 0 atom stereocenters. The number of anilines is 1. The third-order valence-electron chi connectivity index (χ3n) is 2.94. The van der Waals surface area contributed by atoms with Gasteiger partial charge in [-0.15, -0.1) is 11.3 Å². The Kier molecular flexibility index (Phi) is 4.51. The summed E-state index contributed by atoms with van der Waals surface area (Å²) < 4.78 is 4.86. The van der Waals surface area contributed by atoms with Gasteiger partial charge >= 0.3 is 0 Å². The summed E-state index contributed by atoms with van der Waals surface area (Å²) in [7, 11) is 1.54. The zero-order valence-electron chi connectivity index (χ0n) is 10.5. The van der Waals surface area contributed by atoms with Crippen molar-refractivity contribution in [2.75, 3.05) is 45.6 Å². The molecule has 1 aliphatic rings. The third-order valence-corrected chi connectivity index (χ3v) is 3.75. The zero-order valence-corrected chi connectivity index (χ0v) is 11.3. The first-order valence-electron chi connectivity index (χ1n) is 5.88. The maximum absolute atomic E-state index is 11.6. The summed E-state index contributed by atoms with van der Waals surface area (Å²) in [6.45, 7) is 4.32. The Labute approximate surface area is 110 Å². The molecule has 0 spiro atoms. The van der Waals surface area contributed by atoms with E-state index >= 15 is 0 Å². The molecule has 0 radical (unpaired) electrons. The minimum absolute atomic E-state index is 0.0687. The Morgan fingerprint density at radius 3 is 2.78 bits per heavy atom. The zero-order chi connectivity index (χ0) is 13.0. The van der Waals surface area contributed by atoms with Gasteiger partial charge in [-0.3, -0.25) is 9.69 Å². The number of nitrogens with zero attached hydrogens (tertiary/aromatic N) is 3. The van der Waals surface area contributed by atoms with Gasteiger partial charge in [0, 0.05) is 50.9 Å². The first kappa shape index (κ1) is 13.3. The summed E-state index contributed by atoms with van der Waals surface area (Å²) in [6.07, 6.45) is 1.82. The fraction of sp³-hybridized carbons (Fsp3) is 0.636. The predicted molar refractivity (Wildman–Crippen MR) is 70.3 cm³/mol. The van der Waals surface area contributed by atoms with Crippen LogP contribution in [0.1, 0.15) is 4.88 Å². The number of rotatable bonds is 4. The van der Waals surface area contributed by atoms with E-state index < -0.39 is 0 Å². The average Bonchev–Trinajstić information content (AvgIpc) is 2.76. The van der Waals surface area contributed by atoms with Crippen LogP contribution in [0.4, 0.5) is 5.13 Å². The van der Waals surface area contributed by atoms with Crippen LogP contribution in [0.15, 0.2) is 6.20 Å². The van der Waals surface area contributed by atoms with Crippen molar-refractivity contribution in [1.29, 1.82) is 0 Å². The first-order chi connectivity index (χ1) is 8.69. The lowest BCUT2D eigenvalue weighted by atomic mass is 10.3. The summed E-state index contributed by atoms with van der Waals surface area (Å²) in [5.74, 6) is 0.0687. The lowest BCUT2D eigenvalue weighted by Gasteiger charge is -2.34. The number of thiazole rings is 1. The number of nitrogen functional groups attached to an aromatic ring is 1. The number of nitrogens with two attached hydrogens (primary N) is 1. The number of hydrogen-bond donors (Lipinski definition) is 1. The summed E-state index contributed by atoms with van der Waals surface area (Å²) in [5, 5.41) is 0.610. The summed E-state index contributed by atoms with van der Waals surface area (Å²) in [5.41, 5.74) is 5.60. The van der Waals surface area contributed by atoms with E-state index in [1.54, 1.807) is 7.11 Å². The topological polar surface area (TPSA) is 71.7 Å². The fourth-order valence-electron chi connectivity index (χ4n) is 1.99. The minimum atomic E-state index is 0.0687. The lowest BCUT2D eigenvalue weighted by molar-refractivity contribution is -0.136. The molecule has 1 aromatic rings. The van der Waals surface area contributed by atoms with E-state index in [1.807, 2.05) is 11.1 Å². The number of hydrogen-bond acceptors (Lipinski definition) is 6. The molecule has 0 aromatic carbocycles. The minimum Gasteiger partial charge on any atom is -0.375 e. The van der Waals surface area contributed by atoms with E-state index in [0.29, 0.717) is 5.13 Å². The number of piperazine rings is 1. The van der Waals surface area contributed by atoms with Gasteiger partial charge in [0.2, 0.25) is 5.91 Å². The second-order valence-corrected chi connectivity index (χ2v) is 5.40. The second-order valence-electron chi connectivity index (χ2n) is 4.25. The molecule has 18 heavy (non-hydrogen) atoms. The van der Waals surface area contributed by atoms with Crippen molar-refractivity contribution < 1.29 is 9.53 Å². The molecule has 1 aliphatic heterocycles. The van der Waals surface area contributed by atoms with Crippen molar-refractivity contribution in [3.8, 4) is 0 Å². The van der Waals surface area contributed by atoms with Crippen LogP contribution in [0.2, 0.25) is 0 Å². The molecule has 6 nitrogen and oxygen atoms in total. The highest BCUT2D eigenvalue weighted by atomic mass is 32.1. The maximum Gasteiger partial charge on any atom is 0.248 e. The second kappa shape index (κ2) is 6.12. The van der Waals surface area contributed by atoms with E-state index in [9.17, 15) is 4.79 Å². The number of methoxy groups -OCH3 is 1. The molecule has 2 N–H and O–H groups in total. The van der Waals surface area contributed by atoms with Crippen LogP contribution < -0.4 is 5.73 Å².